The Hall–Kier alpha value is -0.670. The van der Waals surface area contributed by atoms with Crippen LogP contribution in [-0.2, 0) is 14.3 Å². The number of carbonyl (C=O) groups is 1. The Morgan fingerprint density at radius 3 is 3.00 bits per heavy atom. The van der Waals surface area contributed by atoms with Gasteiger partial charge in [0.2, 0.25) is 0 Å². The largest absolute Gasteiger partial charge is 0.376 e. The summed E-state index contributed by atoms with van der Waals surface area (Å²) in [5, 5.41) is 0. The predicted molar refractivity (Wildman–Crippen MR) is 47.5 cm³/mol. The molecule has 1 unspecified atom stereocenters. The molecule has 0 aromatic heterocycles. The molecule has 1 atom stereocenters. The maximum absolute atomic E-state index is 11.7. The Balaban J connectivity index is 1.94. The van der Waals surface area contributed by atoms with Crippen molar-refractivity contribution in [2.45, 2.75) is 25.4 Å². The zero-order chi connectivity index (χ0) is 9.10. The second-order valence-corrected chi connectivity index (χ2v) is 3.42. The number of ketones is 1. The molecule has 1 saturated heterocycles. The lowest BCUT2D eigenvalue weighted by Crippen LogP contribution is -2.36. The summed E-state index contributed by atoms with van der Waals surface area (Å²) < 4.78 is 10.5. The maximum atomic E-state index is 11.7. The summed E-state index contributed by atoms with van der Waals surface area (Å²) in [6.07, 6.45) is 4.75. The van der Waals surface area contributed by atoms with Crippen LogP contribution in [-0.4, -0.2) is 31.7 Å². The summed E-state index contributed by atoms with van der Waals surface area (Å²) in [5.74, 6) is 0.136. The minimum atomic E-state index is -0.335. The highest BCUT2D eigenvalue weighted by Crippen LogP contribution is 2.21. The third-order valence-electron chi connectivity index (χ3n) is 2.47. The molecular weight excluding hydrogens is 168 g/mol. The van der Waals surface area contributed by atoms with E-state index in [0.717, 1.165) is 24.8 Å². The second-order valence-electron chi connectivity index (χ2n) is 3.42. The summed E-state index contributed by atoms with van der Waals surface area (Å²) >= 11 is 0. The third kappa shape index (κ3) is 1.98. The first-order valence-electron chi connectivity index (χ1n) is 4.80. The monoisotopic (exact) mass is 182 g/mol. The molecule has 3 nitrogen and oxygen atoms in total. The Morgan fingerprint density at radius 1 is 1.46 bits per heavy atom. The number of Topliss-reactive ketones (excluding diaryl/α,β-unsaturated/α-hetero) is 1. The van der Waals surface area contributed by atoms with Crippen LogP contribution < -0.4 is 0 Å². The Bertz CT molecular complexity index is 226. The van der Waals surface area contributed by atoms with Crippen LogP contribution in [0.3, 0.4) is 0 Å². The van der Waals surface area contributed by atoms with Crippen molar-refractivity contribution < 1.29 is 14.3 Å². The lowest BCUT2D eigenvalue weighted by molar-refractivity contribution is -0.141. The highest BCUT2D eigenvalue weighted by Gasteiger charge is 2.26. The van der Waals surface area contributed by atoms with Crippen molar-refractivity contribution in [1.29, 1.82) is 0 Å². The summed E-state index contributed by atoms with van der Waals surface area (Å²) in [7, 11) is 0. The molecule has 0 spiro atoms. The van der Waals surface area contributed by atoms with Crippen molar-refractivity contribution in [3.05, 3.63) is 11.6 Å². The smallest absolute Gasteiger partial charge is 0.189 e. The van der Waals surface area contributed by atoms with Crippen molar-refractivity contribution in [1.82, 2.24) is 0 Å². The molecule has 13 heavy (non-hydrogen) atoms. The molecule has 1 heterocycles. The normalized spacial score (nSPS) is 28.6. The molecular formula is C10H14O3. The molecule has 0 bridgehead atoms. The van der Waals surface area contributed by atoms with E-state index in [2.05, 4.69) is 0 Å². The van der Waals surface area contributed by atoms with Gasteiger partial charge in [-0.25, -0.2) is 0 Å². The van der Waals surface area contributed by atoms with E-state index >= 15 is 0 Å². The Labute approximate surface area is 77.7 Å². The van der Waals surface area contributed by atoms with Crippen LogP contribution in [0, 0.1) is 0 Å². The molecule has 1 aliphatic carbocycles. The third-order valence-corrected chi connectivity index (χ3v) is 2.47. The molecule has 0 aromatic rings. The minimum Gasteiger partial charge on any atom is -0.376 e. The number of hydrogen-bond donors (Lipinski definition) is 0. The number of allylic oxidation sites excluding steroid dienone is 1. The molecule has 3 heteroatoms. The molecule has 0 N–H and O–H groups in total. The minimum absolute atomic E-state index is 0.136. The van der Waals surface area contributed by atoms with Gasteiger partial charge in [-0.05, 0) is 24.8 Å². The SMILES string of the molecule is O=C(C1=CCCC1)C1COCCO1. The topological polar surface area (TPSA) is 35.5 Å². The first kappa shape index (κ1) is 8.91. The fourth-order valence-electron chi connectivity index (χ4n) is 1.74. The number of rotatable bonds is 2. The molecule has 1 aliphatic heterocycles. The highest BCUT2D eigenvalue weighted by atomic mass is 16.6. The van der Waals surface area contributed by atoms with Gasteiger partial charge in [0.05, 0.1) is 19.8 Å². The summed E-state index contributed by atoms with van der Waals surface area (Å²) in [4.78, 5) is 11.7. The van der Waals surface area contributed by atoms with Crippen molar-refractivity contribution in [3.8, 4) is 0 Å². The molecule has 2 aliphatic rings. The molecule has 72 valence electrons. The van der Waals surface area contributed by atoms with E-state index in [0.29, 0.717) is 19.8 Å². The molecule has 0 amide bonds. The van der Waals surface area contributed by atoms with Gasteiger partial charge in [-0.3, -0.25) is 4.79 Å². The van der Waals surface area contributed by atoms with E-state index in [-0.39, 0.29) is 11.9 Å². The Morgan fingerprint density at radius 2 is 2.38 bits per heavy atom. The van der Waals surface area contributed by atoms with Crippen LogP contribution in [0.25, 0.3) is 0 Å². The quantitative estimate of drug-likeness (QED) is 0.641. The molecule has 1 fully saturated rings. The number of carbonyl (C=O) groups excluding carboxylic acids is 1. The van der Waals surface area contributed by atoms with Gasteiger partial charge in [-0.15, -0.1) is 0 Å². The van der Waals surface area contributed by atoms with Gasteiger partial charge in [0.15, 0.2) is 5.78 Å². The van der Waals surface area contributed by atoms with Crippen LogP contribution in [0.4, 0.5) is 0 Å². The lowest BCUT2D eigenvalue weighted by Gasteiger charge is -2.22. The fourth-order valence-corrected chi connectivity index (χ4v) is 1.74. The molecule has 0 aromatic carbocycles. The summed E-state index contributed by atoms with van der Waals surface area (Å²) in [5.41, 5.74) is 0.940. The van der Waals surface area contributed by atoms with Gasteiger partial charge in [0.25, 0.3) is 0 Å². The molecule has 2 rings (SSSR count). The first-order chi connectivity index (χ1) is 6.38. The van der Waals surface area contributed by atoms with E-state index in [4.69, 9.17) is 9.47 Å². The van der Waals surface area contributed by atoms with Crippen LogP contribution in [0.5, 0.6) is 0 Å². The van der Waals surface area contributed by atoms with Crippen molar-refractivity contribution in [2.75, 3.05) is 19.8 Å². The van der Waals surface area contributed by atoms with Gasteiger partial charge >= 0.3 is 0 Å². The zero-order valence-electron chi connectivity index (χ0n) is 7.62. The van der Waals surface area contributed by atoms with E-state index < -0.39 is 0 Å². The van der Waals surface area contributed by atoms with Crippen molar-refractivity contribution >= 4 is 5.78 Å². The van der Waals surface area contributed by atoms with Gasteiger partial charge in [0.1, 0.15) is 6.10 Å². The van der Waals surface area contributed by atoms with E-state index in [1.54, 1.807) is 0 Å². The van der Waals surface area contributed by atoms with Crippen LogP contribution in [0.1, 0.15) is 19.3 Å². The van der Waals surface area contributed by atoms with E-state index in [1.807, 2.05) is 6.08 Å². The van der Waals surface area contributed by atoms with Crippen molar-refractivity contribution in [2.24, 2.45) is 0 Å². The Kier molecular flexibility index (Phi) is 2.76. The van der Waals surface area contributed by atoms with Gasteiger partial charge < -0.3 is 9.47 Å². The van der Waals surface area contributed by atoms with Gasteiger partial charge in [-0.1, -0.05) is 6.08 Å². The average Bonchev–Trinajstić information content (AvgIpc) is 2.71. The fraction of sp³-hybridized carbons (Fsp3) is 0.700. The van der Waals surface area contributed by atoms with Crippen molar-refractivity contribution in [3.63, 3.8) is 0 Å². The lowest BCUT2D eigenvalue weighted by atomic mass is 10.1. The summed E-state index contributed by atoms with van der Waals surface area (Å²) in [6, 6.07) is 0. The van der Waals surface area contributed by atoms with Crippen LogP contribution in [0.2, 0.25) is 0 Å². The van der Waals surface area contributed by atoms with E-state index in [9.17, 15) is 4.79 Å². The van der Waals surface area contributed by atoms with Crippen LogP contribution >= 0.6 is 0 Å². The van der Waals surface area contributed by atoms with E-state index in [1.165, 1.54) is 0 Å². The average molecular weight is 182 g/mol. The highest BCUT2D eigenvalue weighted by molar-refractivity contribution is 5.99. The standard InChI is InChI=1S/C10H14O3/c11-10(8-3-1-2-4-8)9-7-12-5-6-13-9/h3,9H,1-2,4-7H2. The maximum Gasteiger partial charge on any atom is 0.189 e. The van der Waals surface area contributed by atoms with Gasteiger partial charge in [-0.2, -0.15) is 0 Å². The first-order valence-corrected chi connectivity index (χ1v) is 4.80. The van der Waals surface area contributed by atoms with Crippen LogP contribution in [0.15, 0.2) is 11.6 Å². The zero-order valence-corrected chi connectivity index (χ0v) is 7.62. The van der Waals surface area contributed by atoms with Gasteiger partial charge in [0, 0.05) is 0 Å². The molecule has 0 saturated carbocycles. The summed E-state index contributed by atoms with van der Waals surface area (Å²) in [6.45, 7) is 1.59. The number of hydrogen-bond acceptors (Lipinski definition) is 3. The second kappa shape index (κ2) is 4.03. The predicted octanol–water partition coefficient (Wildman–Crippen LogP) is 1.08. The molecule has 0 radical (unpaired) electrons. The number of ether oxygens (including phenoxy) is 2.